The molecule has 1 aliphatic carbocycles. The van der Waals surface area contributed by atoms with E-state index < -0.39 is 29.3 Å². The van der Waals surface area contributed by atoms with Gasteiger partial charge in [-0.25, -0.2) is 0 Å². The first kappa shape index (κ1) is 17.7. The molecule has 10 nitrogen and oxygen atoms in total. The number of carboxylic acid groups (broad SMARTS) is 1. The van der Waals surface area contributed by atoms with Gasteiger partial charge in [0.2, 0.25) is 5.91 Å². The molecule has 1 saturated heterocycles. The summed E-state index contributed by atoms with van der Waals surface area (Å²) in [6.07, 6.45) is 3.36. The molecule has 0 aromatic carbocycles. The molecule has 3 heterocycles. The van der Waals surface area contributed by atoms with Crippen molar-refractivity contribution in [1.29, 1.82) is 0 Å². The van der Waals surface area contributed by atoms with Crippen molar-refractivity contribution in [3.05, 3.63) is 18.2 Å². The third-order valence-corrected chi connectivity index (χ3v) is 5.46. The summed E-state index contributed by atoms with van der Waals surface area (Å²) in [5, 5.41) is 17.5. The van der Waals surface area contributed by atoms with Crippen LogP contribution in [-0.4, -0.2) is 61.6 Å². The van der Waals surface area contributed by atoms with E-state index in [0.717, 1.165) is 0 Å². The number of aliphatic carboxylic acids is 1. The molecule has 0 radical (unpaired) electrons. The molecule has 27 heavy (non-hydrogen) atoms. The van der Waals surface area contributed by atoms with Crippen molar-refractivity contribution in [3.63, 3.8) is 0 Å². The number of hydrogen-bond donors (Lipinski definition) is 1. The van der Waals surface area contributed by atoms with Gasteiger partial charge < -0.3 is 19.3 Å². The summed E-state index contributed by atoms with van der Waals surface area (Å²) in [5.41, 5.74) is 0.115. The van der Waals surface area contributed by atoms with E-state index >= 15 is 0 Å². The number of aryl methyl sites for hydroxylation is 1. The zero-order chi connectivity index (χ0) is 19.3. The molecule has 1 saturated carbocycles. The van der Waals surface area contributed by atoms with E-state index in [1.807, 2.05) is 0 Å². The maximum Gasteiger partial charge on any atom is 0.307 e. The van der Waals surface area contributed by atoms with Gasteiger partial charge >= 0.3 is 5.97 Å². The zero-order valence-corrected chi connectivity index (χ0v) is 15.3. The molecule has 2 aliphatic rings. The van der Waals surface area contributed by atoms with Crippen LogP contribution in [0.15, 0.2) is 16.9 Å². The molecular formula is C17H21N5O5. The average Bonchev–Trinajstić information content (AvgIpc) is 3.02. The van der Waals surface area contributed by atoms with Crippen molar-refractivity contribution in [1.82, 2.24) is 24.8 Å². The Morgan fingerprint density at radius 1 is 1.33 bits per heavy atom. The van der Waals surface area contributed by atoms with Gasteiger partial charge in [-0.1, -0.05) is 19.0 Å². The maximum absolute atomic E-state index is 13.1. The van der Waals surface area contributed by atoms with Crippen LogP contribution in [0.3, 0.4) is 0 Å². The van der Waals surface area contributed by atoms with Gasteiger partial charge in [-0.3, -0.25) is 14.3 Å². The van der Waals surface area contributed by atoms with Crippen LogP contribution in [0.25, 0.3) is 11.5 Å². The molecule has 10 heteroatoms. The van der Waals surface area contributed by atoms with Crippen LogP contribution >= 0.6 is 0 Å². The van der Waals surface area contributed by atoms with Crippen molar-refractivity contribution in [2.24, 2.45) is 24.3 Å². The molecule has 2 aromatic heterocycles. The average molecular weight is 375 g/mol. The normalized spacial score (nSPS) is 26.8. The molecule has 1 amide bonds. The van der Waals surface area contributed by atoms with Crippen LogP contribution in [0.1, 0.15) is 25.7 Å². The summed E-state index contributed by atoms with van der Waals surface area (Å²) in [6.45, 7) is 4.60. The first-order valence-electron chi connectivity index (χ1n) is 8.74. The van der Waals surface area contributed by atoms with Crippen LogP contribution in [-0.2, 0) is 21.4 Å². The Bertz CT molecular complexity index is 888. The van der Waals surface area contributed by atoms with Crippen LogP contribution in [0.5, 0.6) is 0 Å². The van der Waals surface area contributed by atoms with Gasteiger partial charge in [0, 0.05) is 19.8 Å². The molecule has 2 aromatic rings. The quantitative estimate of drug-likeness (QED) is 0.829. The lowest BCUT2D eigenvalue weighted by molar-refractivity contribution is -0.146. The fourth-order valence-electron chi connectivity index (χ4n) is 3.84. The highest BCUT2D eigenvalue weighted by atomic mass is 16.5. The van der Waals surface area contributed by atoms with Gasteiger partial charge in [-0.2, -0.15) is 10.1 Å². The van der Waals surface area contributed by atoms with Crippen LogP contribution in [0.2, 0.25) is 0 Å². The summed E-state index contributed by atoms with van der Waals surface area (Å²) in [5.74, 6) is -1.72. The molecule has 0 spiro atoms. The number of nitrogens with zero attached hydrogens (tertiary/aromatic N) is 5. The third kappa shape index (κ3) is 2.89. The summed E-state index contributed by atoms with van der Waals surface area (Å²) in [4.78, 5) is 30.5. The van der Waals surface area contributed by atoms with Gasteiger partial charge in [-0.15, -0.1) is 0 Å². The van der Waals surface area contributed by atoms with E-state index in [1.165, 1.54) is 0 Å². The molecule has 2 fully saturated rings. The van der Waals surface area contributed by atoms with E-state index in [4.69, 9.17) is 9.26 Å². The minimum atomic E-state index is -0.943. The second-order valence-corrected chi connectivity index (χ2v) is 7.60. The van der Waals surface area contributed by atoms with Crippen molar-refractivity contribution in [2.75, 3.05) is 19.8 Å². The number of carboxylic acids is 1. The molecule has 0 bridgehead atoms. The highest BCUT2D eigenvalue weighted by molar-refractivity contribution is 5.92. The van der Waals surface area contributed by atoms with Crippen LogP contribution < -0.4 is 0 Å². The third-order valence-electron chi connectivity index (χ3n) is 5.46. The molecule has 4 rings (SSSR count). The van der Waals surface area contributed by atoms with E-state index in [9.17, 15) is 14.7 Å². The molecule has 1 unspecified atom stereocenters. The zero-order valence-electron chi connectivity index (χ0n) is 15.3. The van der Waals surface area contributed by atoms with E-state index in [0.29, 0.717) is 30.4 Å². The first-order valence-corrected chi connectivity index (χ1v) is 8.74. The van der Waals surface area contributed by atoms with Gasteiger partial charge in [0.1, 0.15) is 6.04 Å². The summed E-state index contributed by atoms with van der Waals surface area (Å²) < 4.78 is 12.5. The van der Waals surface area contributed by atoms with Gasteiger partial charge in [-0.05, 0) is 5.41 Å². The second kappa shape index (κ2) is 6.15. The Balaban J connectivity index is 1.58. The number of carbonyl (C=O) groups is 2. The topological polar surface area (TPSA) is 124 Å². The second-order valence-electron chi connectivity index (χ2n) is 7.60. The number of aromatic nitrogens is 4. The molecule has 1 aliphatic heterocycles. The Hall–Kier alpha value is -2.75. The highest BCUT2D eigenvalue weighted by Gasteiger charge is 2.67. The Labute approximate surface area is 155 Å². The smallest absolute Gasteiger partial charge is 0.307 e. The number of rotatable bonds is 4. The Kier molecular flexibility index (Phi) is 4.02. The summed E-state index contributed by atoms with van der Waals surface area (Å²) >= 11 is 0. The van der Waals surface area contributed by atoms with Crippen molar-refractivity contribution < 1.29 is 24.0 Å². The molecule has 1 N–H and O–H groups in total. The first-order chi connectivity index (χ1) is 12.8. The molecular weight excluding hydrogens is 354 g/mol. The largest absolute Gasteiger partial charge is 0.481 e. The van der Waals surface area contributed by atoms with Crippen LogP contribution in [0, 0.1) is 17.3 Å². The van der Waals surface area contributed by atoms with E-state index in [1.54, 1.807) is 42.9 Å². The lowest BCUT2D eigenvalue weighted by Gasteiger charge is -2.34. The van der Waals surface area contributed by atoms with Crippen molar-refractivity contribution in [3.8, 4) is 11.5 Å². The predicted molar refractivity (Wildman–Crippen MR) is 90.2 cm³/mol. The van der Waals surface area contributed by atoms with Gasteiger partial charge in [0.15, 0.2) is 5.82 Å². The van der Waals surface area contributed by atoms with Crippen molar-refractivity contribution in [2.45, 2.75) is 19.9 Å². The van der Waals surface area contributed by atoms with Crippen LogP contribution in [0.4, 0.5) is 0 Å². The maximum atomic E-state index is 13.1. The lowest BCUT2D eigenvalue weighted by Crippen LogP contribution is -2.45. The van der Waals surface area contributed by atoms with Crippen molar-refractivity contribution >= 4 is 11.9 Å². The predicted octanol–water partition coefficient (Wildman–Crippen LogP) is 0.727. The van der Waals surface area contributed by atoms with E-state index in [2.05, 4.69) is 15.2 Å². The lowest BCUT2D eigenvalue weighted by atomic mass is 10.1. The van der Waals surface area contributed by atoms with Gasteiger partial charge in [0.05, 0.1) is 36.8 Å². The minimum absolute atomic E-state index is 0.201. The number of carbonyl (C=O) groups excluding carboxylic acids is 1. The molecule has 3 atom stereocenters. The SMILES string of the molecule is Cn1cc(-c2nc(C3COCCN3C(=O)[C@@H]3[C@H](C(=O)O)C3(C)C)no2)cn1. The number of amides is 1. The monoisotopic (exact) mass is 375 g/mol. The fourth-order valence-corrected chi connectivity index (χ4v) is 3.84. The minimum Gasteiger partial charge on any atom is -0.481 e. The number of morpholine rings is 1. The fraction of sp³-hybridized carbons (Fsp3) is 0.588. The standard InChI is InChI=1S/C17H21N5O5/c1-17(2)11(12(17)16(24)25)15(23)22-4-5-26-8-10(22)13-19-14(27-20-13)9-6-18-21(3)7-9/h6-7,10-12H,4-5,8H2,1-3H3,(H,24,25)/t10?,11-,12+/m0/s1. The summed E-state index contributed by atoms with van der Waals surface area (Å²) in [7, 11) is 1.78. The van der Waals surface area contributed by atoms with E-state index in [-0.39, 0.29) is 12.5 Å². The number of ether oxygens (including phenoxy) is 1. The highest BCUT2D eigenvalue weighted by Crippen LogP contribution is 2.59. The Morgan fingerprint density at radius 2 is 2.11 bits per heavy atom. The number of hydrogen-bond acceptors (Lipinski definition) is 7. The molecule has 144 valence electrons. The Morgan fingerprint density at radius 3 is 2.74 bits per heavy atom. The van der Waals surface area contributed by atoms with Gasteiger partial charge in [0.25, 0.3) is 5.89 Å². The summed E-state index contributed by atoms with van der Waals surface area (Å²) in [6, 6.07) is -0.508.